The van der Waals surface area contributed by atoms with Crippen molar-refractivity contribution in [1.29, 1.82) is 0 Å². The maximum Gasteiger partial charge on any atom is 0.348 e. The Bertz CT molecular complexity index is 1650. The van der Waals surface area contributed by atoms with Gasteiger partial charge in [-0.05, 0) is 36.7 Å². The van der Waals surface area contributed by atoms with Crippen LogP contribution in [0.2, 0.25) is 0 Å². The first-order chi connectivity index (χ1) is 21.0. The SMILES string of the molecule is Cn1nc(/C=C2C=C(/C=C/C3C4(CO4)C(N4CCOCC4)CC4[C@]3(C)CC[C@@H](O)[C@@]4(C)CO)C(=O)O\2)c2c(N)[nH]c(=O)nc21. The molecule has 7 atom stereocenters. The van der Waals surface area contributed by atoms with Gasteiger partial charge in [-0.25, -0.2) is 14.3 Å². The topological polar surface area (TPSA) is 181 Å². The molecule has 5 N–H and O–H groups in total. The summed E-state index contributed by atoms with van der Waals surface area (Å²) in [6, 6.07) is 0.0956. The Morgan fingerprint density at radius 3 is 2.70 bits per heavy atom. The first-order valence-electron chi connectivity index (χ1n) is 15.3. The highest BCUT2D eigenvalue weighted by molar-refractivity contribution is 5.98. The zero-order chi connectivity index (χ0) is 31.0. The van der Waals surface area contributed by atoms with Crippen molar-refractivity contribution in [3.63, 3.8) is 0 Å². The van der Waals surface area contributed by atoms with Crippen LogP contribution in [0.25, 0.3) is 17.1 Å². The summed E-state index contributed by atoms with van der Waals surface area (Å²) in [4.78, 5) is 33.8. The summed E-state index contributed by atoms with van der Waals surface area (Å²) in [7, 11) is 1.66. The molecule has 3 aliphatic heterocycles. The first-order valence-corrected chi connectivity index (χ1v) is 15.3. The summed E-state index contributed by atoms with van der Waals surface area (Å²) in [5.41, 5.74) is 5.26. The molecule has 0 aromatic carbocycles. The van der Waals surface area contributed by atoms with Gasteiger partial charge in [0.15, 0.2) is 5.65 Å². The number of H-pyrrole nitrogens is 1. The van der Waals surface area contributed by atoms with Crippen LogP contribution in [0.15, 0.2) is 34.4 Å². The number of anilines is 1. The predicted octanol–water partition coefficient (Wildman–Crippen LogP) is 0.885. The molecule has 236 valence electrons. The lowest BCUT2D eigenvalue weighted by molar-refractivity contribution is -0.186. The van der Waals surface area contributed by atoms with Crippen molar-refractivity contribution >= 4 is 28.9 Å². The number of nitrogens with zero attached hydrogens (tertiary/aromatic N) is 4. The summed E-state index contributed by atoms with van der Waals surface area (Å²) < 4.78 is 19.1. The molecule has 0 radical (unpaired) electrons. The number of nitrogens with one attached hydrogen (secondary N) is 1. The third-order valence-electron chi connectivity index (χ3n) is 11.1. The average Bonchev–Trinajstić information content (AvgIpc) is 3.60. The summed E-state index contributed by atoms with van der Waals surface area (Å²) in [5, 5.41) is 26.7. The number of nitrogen functional groups attached to an aromatic ring is 1. The number of cyclic esters (lactones) is 1. The van der Waals surface area contributed by atoms with Crippen molar-refractivity contribution < 1.29 is 29.2 Å². The van der Waals surface area contributed by atoms with Crippen molar-refractivity contribution in [2.45, 2.75) is 50.9 Å². The number of rotatable bonds is 5. The number of nitrogens with two attached hydrogens (primary N) is 1. The van der Waals surface area contributed by atoms with Crippen molar-refractivity contribution in [3.05, 3.63) is 45.7 Å². The monoisotopic (exact) mass is 608 g/mol. The Balaban J connectivity index is 1.25. The molecule has 5 heterocycles. The van der Waals surface area contributed by atoms with E-state index in [2.05, 4.69) is 33.0 Å². The molecular formula is C31H40N6O7. The quantitative estimate of drug-likeness (QED) is 0.279. The van der Waals surface area contributed by atoms with Gasteiger partial charge in [-0.3, -0.25) is 9.88 Å². The average molecular weight is 609 g/mol. The third kappa shape index (κ3) is 4.39. The molecule has 2 aromatic heterocycles. The molecular weight excluding hydrogens is 568 g/mol. The number of morpholine rings is 1. The highest BCUT2D eigenvalue weighted by Crippen LogP contribution is 2.66. The van der Waals surface area contributed by atoms with Crippen molar-refractivity contribution in [1.82, 2.24) is 24.6 Å². The van der Waals surface area contributed by atoms with E-state index in [0.717, 1.165) is 25.9 Å². The van der Waals surface area contributed by atoms with E-state index in [9.17, 15) is 19.8 Å². The van der Waals surface area contributed by atoms with Crippen LogP contribution >= 0.6 is 0 Å². The van der Waals surface area contributed by atoms with E-state index >= 15 is 0 Å². The standard InChI is InChI=1S/C31H40N6O7/c1-29-7-6-23(39)30(2,15-38)21(29)14-22(37-8-10-42-11-9-37)31(16-43-31)20(29)5-4-17-12-18(44-27(17)40)13-19-24-25(32)33-28(41)34-26(24)36(3)35-19/h4-5,12-13,20-23,38-39H,6-11,14-16H2,1-3H3,(H3,32,33,34,41)/b5-4+,18-13+/t20?,21?,22?,23-,29-,30+,31?/m1/s1. The molecule has 13 nitrogen and oxygen atoms in total. The minimum absolute atomic E-state index is 0.0315. The summed E-state index contributed by atoms with van der Waals surface area (Å²) in [6.45, 7) is 7.70. The number of aliphatic hydroxyl groups excluding tert-OH is 2. The second kappa shape index (κ2) is 10.3. The number of aromatic nitrogens is 4. The fraction of sp³-hybridized carbons (Fsp3) is 0.613. The van der Waals surface area contributed by atoms with Crippen molar-refractivity contribution in [3.8, 4) is 0 Å². The van der Waals surface area contributed by atoms with Crippen LogP contribution in [0.1, 0.15) is 38.8 Å². The summed E-state index contributed by atoms with van der Waals surface area (Å²) >= 11 is 0. The van der Waals surface area contributed by atoms with Gasteiger partial charge in [0.2, 0.25) is 0 Å². The van der Waals surface area contributed by atoms with Crippen LogP contribution in [0.4, 0.5) is 5.82 Å². The Morgan fingerprint density at radius 1 is 1.25 bits per heavy atom. The van der Waals surface area contributed by atoms with E-state index < -0.39 is 28.8 Å². The number of epoxide rings is 1. The van der Waals surface area contributed by atoms with E-state index in [1.165, 1.54) is 4.68 Å². The van der Waals surface area contributed by atoms with Crippen LogP contribution < -0.4 is 11.4 Å². The van der Waals surface area contributed by atoms with Crippen LogP contribution in [-0.2, 0) is 26.1 Å². The minimum Gasteiger partial charge on any atom is -0.423 e. The molecule has 2 aliphatic carbocycles. The van der Waals surface area contributed by atoms with Crippen LogP contribution in [0.3, 0.4) is 0 Å². The van der Waals surface area contributed by atoms with Gasteiger partial charge in [0.1, 0.15) is 22.9 Å². The first kappa shape index (κ1) is 29.4. The molecule has 5 aliphatic rings. The number of carbonyl (C=O) groups is 1. The van der Waals surface area contributed by atoms with Gasteiger partial charge in [0.25, 0.3) is 0 Å². The van der Waals surface area contributed by atoms with Gasteiger partial charge in [-0.2, -0.15) is 10.1 Å². The molecule has 1 spiro atoms. The van der Waals surface area contributed by atoms with Gasteiger partial charge in [-0.1, -0.05) is 26.0 Å². The third-order valence-corrected chi connectivity index (χ3v) is 11.1. The van der Waals surface area contributed by atoms with Gasteiger partial charge >= 0.3 is 11.7 Å². The Hall–Kier alpha value is -3.36. The van der Waals surface area contributed by atoms with E-state index in [-0.39, 0.29) is 35.7 Å². The molecule has 2 aromatic rings. The Morgan fingerprint density at radius 2 is 2.00 bits per heavy atom. The van der Waals surface area contributed by atoms with Gasteiger partial charge in [0, 0.05) is 43.6 Å². The minimum atomic E-state index is -0.659. The molecule has 0 bridgehead atoms. The zero-order valence-electron chi connectivity index (χ0n) is 25.3. The number of aliphatic hydroxyl groups is 2. The number of hydrogen-bond donors (Lipinski definition) is 4. The second-order valence-electron chi connectivity index (χ2n) is 13.5. The van der Waals surface area contributed by atoms with Gasteiger partial charge in [0.05, 0.1) is 43.5 Å². The summed E-state index contributed by atoms with van der Waals surface area (Å²) in [5.74, 6) is -0.0941. The highest BCUT2D eigenvalue weighted by Gasteiger charge is 2.71. The van der Waals surface area contributed by atoms with Gasteiger partial charge in [-0.15, -0.1) is 0 Å². The number of fused-ring (bicyclic) bond motifs is 2. The second-order valence-corrected chi connectivity index (χ2v) is 13.5. The number of aryl methyl sites for hydroxylation is 1. The molecule has 2 saturated carbocycles. The number of allylic oxidation sites excluding steroid dienone is 1. The smallest absolute Gasteiger partial charge is 0.348 e. The Labute approximate surface area is 254 Å². The number of carbonyl (C=O) groups excluding carboxylic acids is 1. The van der Waals surface area contributed by atoms with E-state index in [0.29, 0.717) is 54.3 Å². The van der Waals surface area contributed by atoms with Crippen LogP contribution in [0, 0.1) is 22.7 Å². The maximum absolute atomic E-state index is 13.1. The summed E-state index contributed by atoms with van der Waals surface area (Å²) in [6.07, 6.45) is 8.78. The molecule has 44 heavy (non-hydrogen) atoms. The zero-order valence-corrected chi connectivity index (χ0v) is 25.3. The fourth-order valence-electron chi connectivity index (χ4n) is 8.69. The lowest BCUT2D eigenvalue weighted by Crippen LogP contribution is -2.67. The van der Waals surface area contributed by atoms with Crippen molar-refractivity contribution in [2.24, 2.45) is 29.7 Å². The van der Waals surface area contributed by atoms with Crippen LogP contribution in [0.5, 0.6) is 0 Å². The highest BCUT2D eigenvalue weighted by atomic mass is 16.6. The molecule has 4 fully saturated rings. The predicted molar refractivity (Wildman–Crippen MR) is 160 cm³/mol. The van der Waals surface area contributed by atoms with E-state index in [1.807, 2.05) is 13.0 Å². The van der Waals surface area contributed by atoms with Gasteiger partial charge < -0.3 is 30.2 Å². The lowest BCUT2D eigenvalue weighted by Gasteiger charge is -2.63. The van der Waals surface area contributed by atoms with Crippen LogP contribution in [-0.4, -0.2) is 98.1 Å². The molecule has 7 rings (SSSR count). The molecule has 0 amide bonds. The lowest BCUT2D eigenvalue weighted by atomic mass is 9.44. The number of aromatic amines is 1. The Kier molecular flexibility index (Phi) is 6.90. The molecule has 13 heteroatoms. The number of hydrogen-bond acceptors (Lipinski definition) is 11. The molecule has 2 saturated heterocycles. The number of ether oxygens (including phenoxy) is 3. The largest absolute Gasteiger partial charge is 0.423 e. The molecule has 4 unspecified atom stereocenters. The fourth-order valence-corrected chi connectivity index (χ4v) is 8.69. The van der Waals surface area contributed by atoms with E-state index in [4.69, 9.17) is 19.9 Å². The van der Waals surface area contributed by atoms with Crippen molar-refractivity contribution in [2.75, 3.05) is 45.3 Å². The normalized spacial score (nSPS) is 38.4. The van der Waals surface area contributed by atoms with E-state index in [1.54, 1.807) is 19.2 Å². The maximum atomic E-state index is 13.1. The number of esters is 1.